The number of nitrogens with one attached hydrogen (secondary N) is 1. The molecular formula is C28H33NO4. The molecule has 5 heteroatoms. The van der Waals surface area contributed by atoms with Gasteiger partial charge in [0.25, 0.3) is 5.91 Å². The highest BCUT2D eigenvalue weighted by Crippen LogP contribution is 2.46. The van der Waals surface area contributed by atoms with Crippen molar-refractivity contribution in [2.45, 2.75) is 51.2 Å². The van der Waals surface area contributed by atoms with E-state index in [1.165, 1.54) is 40.7 Å². The minimum absolute atomic E-state index is 0.0206. The quantitative estimate of drug-likeness (QED) is 0.506. The lowest BCUT2D eigenvalue weighted by Crippen LogP contribution is -2.39. The highest BCUT2D eigenvalue weighted by atomic mass is 16.7. The zero-order valence-electron chi connectivity index (χ0n) is 19.3. The van der Waals surface area contributed by atoms with Crippen molar-refractivity contribution in [3.8, 4) is 11.1 Å². The monoisotopic (exact) mass is 447 g/mol. The first-order valence-electron chi connectivity index (χ1n) is 12.3. The molecule has 2 aromatic rings. The van der Waals surface area contributed by atoms with E-state index in [1.807, 2.05) is 13.0 Å². The number of hydrogen-bond acceptors (Lipinski definition) is 4. The number of rotatable bonds is 9. The van der Waals surface area contributed by atoms with Crippen LogP contribution < -0.4 is 5.32 Å². The summed E-state index contributed by atoms with van der Waals surface area (Å²) in [6.07, 6.45) is 6.17. The fourth-order valence-electron chi connectivity index (χ4n) is 5.26. The molecule has 0 unspecified atom stereocenters. The van der Waals surface area contributed by atoms with Crippen molar-refractivity contribution in [3.05, 3.63) is 71.0 Å². The average Bonchev–Trinajstić information content (AvgIpc) is 3.59. The van der Waals surface area contributed by atoms with E-state index in [1.54, 1.807) is 0 Å². The van der Waals surface area contributed by atoms with Gasteiger partial charge in [0.1, 0.15) is 0 Å². The van der Waals surface area contributed by atoms with Crippen LogP contribution in [0.3, 0.4) is 0 Å². The van der Waals surface area contributed by atoms with Crippen LogP contribution in [-0.4, -0.2) is 37.1 Å². The molecule has 3 aliphatic rings. The second-order valence-electron chi connectivity index (χ2n) is 9.39. The molecule has 2 aliphatic carbocycles. The van der Waals surface area contributed by atoms with Crippen molar-refractivity contribution in [3.63, 3.8) is 0 Å². The van der Waals surface area contributed by atoms with Crippen LogP contribution in [0.1, 0.15) is 55.2 Å². The maximum atomic E-state index is 13.0. The van der Waals surface area contributed by atoms with Crippen molar-refractivity contribution in [1.82, 2.24) is 5.32 Å². The first-order chi connectivity index (χ1) is 16.2. The molecule has 33 heavy (non-hydrogen) atoms. The van der Waals surface area contributed by atoms with Gasteiger partial charge in [-0.3, -0.25) is 4.79 Å². The van der Waals surface area contributed by atoms with Gasteiger partial charge in [-0.2, -0.15) is 0 Å². The standard InChI is InChI=1S/C28H33NO4/c1-2-32-28-23(11-6-14-30)25(16-26(33-28)27(31)29-17-18-12-13-18)22-10-5-9-21-20-8-4-3-7-19(20)15-24(21)22/h3-5,7-10,16,18,23,25,28,30H,2,6,11-15,17H2,1H3,(H,29,31)/t23-,25-,28-/m1/s1. The summed E-state index contributed by atoms with van der Waals surface area (Å²) < 4.78 is 12.1. The van der Waals surface area contributed by atoms with Gasteiger partial charge in [-0.25, -0.2) is 0 Å². The normalized spacial score (nSPS) is 23.3. The van der Waals surface area contributed by atoms with E-state index in [4.69, 9.17) is 9.47 Å². The van der Waals surface area contributed by atoms with Gasteiger partial charge in [-0.15, -0.1) is 0 Å². The summed E-state index contributed by atoms with van der Waals surface area (Å²) in [4.78, 5) is 13.0. The SMILES string of the molecule is CCO[C@@H]1OC(C(=O)NCC2CC2)=C[C@H](c2cccc3c2Cc2ccccc2-3)[C@H]1CCCO. The van der Waals surface area contributed by atoms with Crippen molar-refractivity contribution >= 4 is 5.91 Å². The Balaban J connectivity index is 1.53. The number of ether oxygens (including phenoxy) is 2. The van der Waals surface area contributed by atoms with Crippen molar-refractivity contribution in [2.24, 2.45) is 11.8 Å². The molecule has 5 nitrogen and oxygen atoms in total. The molecule has 0 radical (unpaired) electrons. The van der Waals surface area contributed by atoms with Crippen molar-refractivity contribution in [1.29, 1.82) is 0 Å². The number of fused-ring (bicyclic) bond motifs is 3. The van der Waals surface area contributed by atoms with Crippen LogP contribution in [0.25, 0.3) is 11.1 Å². The molecule has 2 N–H and O–H groups in total. The van der Waals surface area contributed by atoms with Crippen molar-refractivity contribution in [2.75, 3.05) is 19.8 Å². The summed E-state index contributed by atoms with van der Waals surface area (Å²) in [6.45, 7) is 3.28. The van der Waals surface area contributed by atoms with E-state index in [2.05, 4.69) is 47.8 Å². The van der Waals surface area contributed by atoms with Crippen LogP contribution in [0.4, 0.5) is 0 Å². The van der Waals surface area contributed by atoms with Gasteiger partial charge in [0.05, 0.1) is 0 Å². The number of hydrogen-bond donors (Lipinski definition) is 2. The highest BCUT2D eigenvalue weighted by Gasteiger charge is 2.39. The third-order valence-electron chi connectivity index (χ3n) is 7.13. The third-order valence-corrected chi connectivity index (χ3v) is 7.13. The predicted molar refractivity (Wildman–Crippen MR) is 128 cm³/mol. The Labute approximate surface area is 195 Å². The van der Waals surface area contributed by atoms with Gasteiger partial charge in [0, 0.05) is 31.6 Å². The molecule has 2 aromatic carbocycles. The lowest BCUT2D eigenvalue weighted by molar-refractivity contribution is -0.166. The molecule has 0 saturated heterocycles. The fourth-order valence-corrected chi connectivity index (χ4v) is 5.26. The van der Waals surface area contributed by atoms with Gasteiger partial charge in [-0.05, 0) is 78.8 Å². The Bertz CT molecular complexity index is 1040. The maximum absolute atomic E-state index is 13.0. The number of carbonyl (C=O) groups excluding carboxylic acids is 1. The van der Waals surface area contributed by atoms with Crippen LogP contribution in [0, 0.1) is 11.8 Å². The Hall–Kier alpha value is -2.63. The first-order valence-corrected chi connectivity index (χ1v) is 12.3. The summed E-state index contributed by atoms with van der Waals surface area (Å²) in [5, 5.41) is 12.6. The first kappa shape index (κ1) is 22.2. The Morgan fingerprint density at radius 3 is 2.76 bits per heavy atom. The summed E-state index contributed by atoms with van der Waals surface area (Å²) in [5.74, 6) is 0.797. The number of aliphatic hydroxyl groups excluding tert-OH is 1. The predicted octanol–water partition coefficient (Wildman–Crippen LogP) is 4.53. The van der Waals surface area contributed by atoms with E-state index < -0.39 is 6.29 Å². The lowest BCUT2D eigenvalue weighted by atomic mass is 9.78. The van der Waals surface area contributed by atoms with Crippen LogP contribution in [0.5, 0.6) is 0 Å². The minimum Gasteiger partial charge on any atom is -0.459 e. The summed E-state index contributed by atoms with van der Waals surface area (Å²) in [6, 6.07) is 15.1. The zero-order valence-corrected chi connectivity index (χ0v) is 19.3. The molecule has 1 amide bonds. The number of allylic oxidation sites excluding steroid dienone is 1. The molecule has 1 heterocycles. The Morgan fingerprint density at radius 2 is 1.97 bits per heavy atom. The second kappa shape index (κ2) is 9.70. The summed E-state index contributed by atoms with van der Waals surface area (Å²) in [5.41, 5.74) is 6.46. The highest BCUT2D eigenvalue weighted by molar-refractivity contribution is 5.92. The van der Waals surface area contributed by atoms with E-state index in [9.17, 15) is 9.90 Å². The van der Waals surface area contributed by atoms with Gasteiger partial charge in [0.2, 0.25) is 6.29 Å². The van der Waals surface area contributed by atoms with E-state index in [0.717, 1.165) is 12.8 Å². The molecule has 3 atom stereocenters. The van der Waals surface area contributed by atoms with Gasteiger partial charge in [-0.1, -0.05) is 42.5 Å². The topological polar surface area (TPSA) is 67.8 Å². The third kappa shape index (κ3) is 4.57. The largest absolute Gasteiger partial charge is 0.459 e. The molecule has 5 rings (SSSR count). The van der Waals surface area contributed by atoms with Gasteiger partial charge < -0.3 is 19.9 Å². The summed E-state index contributed by atoms with van der Waals surface area (Å²) in [7, 11) is 0. The van der Waals surface area contributed by atoms with Gasteiger partial charge in [0.15, 0.2) is 5.76 Å². The van der Waals surface area contributed by atoms with Crippen LogP contribution >= 0.6 is 0 Å². The van der Waals surface area contributed by atoms with Crippen LogP contribution in [0.15, 0.2) is 54.3 Å². The van der Waals surface area contributed by atoms with Crippen LogP contribution in [-0.2, 0) is 20.7 Å². The second-order valence-corrected chi connectivity index (χ2v) is 9.39. The number of amides is 1. The molecule has 174 valence electrons. The summed E-state index contributed by atoms with van der Waals surface area (Å²) >= 11 is 0. The number of carbonyl (C=O) groups is 1. The van der Waals surface area contributed by atoms with Crippen LogP contribution in [0.2, 0.25) is 0 Å². The number of benzene rings is 2. The van der Waals surface area contributed by atoms with E-state index >= 15 is 0 Å². The minimum atomic E-state index is -0.516. The molecule has 1 fully saturated rings. The molecule has 0 spiro atoms. The lowest BCUT2D eigenvalue weighted by Gasteiger charge is -2.37. The molecule has 1 aliphatic heterocycles. The number of aliphatic hydroxyl groups is 1. The van der Waals surface area contributed by atoms with E-state index in [0.29, 0.717) is 31.2 Å². The average molecular weight is 448 g/mol. The zero-order chi connectivity index (χ0) is 22.8. The van der Waals surface area contributed by atoms with Crippen molar-refractivity contribution < 1.29 is 19.4 Å². The van der Waals surface area contributed by atoms with E-state index in [-0.39, 0.29) is 24.3 Å². The maximum Gasteiger partial charge on any atom is 0.286 e. The molecule has 1 saturated carbocycles. The molecule has 0 aromatic heterocycles. The molecular weight excluding hydrogens is 414 g/mol. The Morgan fingerprint density at radius 1 is 1.15 bits per heavy atom. The van der Waals surface area contributed by atoms with Gasteiger partial charge >= 0.3 is 0 Å². The molecule has 0 bridgehead atoms. The fraction of sp³-hybridized carbons (Fsp3) is 0.464. The smallest absolute Gasteiger partial charge is 0.286 e. The Kier molecular flexibility index (Phi) is 6.52.